The molecule has 2 heterocycles. The van der Waals surface area contributed by atoms with Gasteiger partial charge in [-0.3, -0.25) is 5.10 Å². The number of aromatic amines is 1. The van der Waals surface area contributed by atoms with Crippen LogP contribution in [0.15, 0.2) is 10.6 Å². The largest absolute Gasteiger partial charge is 0.332 e. The smallest absolute Gasteiger partial charge is 0.278 e. The third-order valence-electron chi connectivity index (χ3n) is 3.35. The van der Waals surface area contributed by atoms with E-state index in [-0.39, 0.29) is 5.54 Å². The van der Waals surface area contributed by atoms with E-state index in [4.69, 9.17) is 10.3 Å². The molecule has 6 heteroatoms. The van der Waals surface area contributed by atoms with E-state index in [1.54, 1.807) is 0 Å². The summed E-state index contributed by atoms with van der Waals surface area (Å²) in [7, 11) is 0. The molecular formula is C11H15N5O. The van der Waals surface area contributed by atoms with Crippen LogP contribution in [0.3, 0.4) is 0 Å². The SMILES string of the molecule is CCc1cc(-c2nc(C3(N)CCC3)no2)n[nH]1. The Hall–Kier alpha value is -1.69. The van der Waals surface area contributed by atoms with Crippen molar-refractivity contribution in [2.24, 2.45) is 5.73 Å². The molecule has 0 unspecified atom stereocenters. The monoisotopic (exact) mass is 233 g/mol. The first-order valence-corrected chi connectivity index (χ1v) is 5.89. The molecule has 0 amide bonds. The predicted molar refractivity (Wildman–Crippen MR) is 61.0 cm³/mol. The van der Waals surface area contributed by atoms with Crippen LogP contribution in [0.25, 0.3) is 11.6 Å². The highest BCUT2D eigenvalue weighted by atomic mass is 16.5. The lowest BCUT2D eigenvalue weighted by atomic mass is 9.77. The van der Waals surface area contributed by atoms with E-state index in [0.29, 0.717) is 17.4 Å². The summed E-state index contributed by atoms with van der Waals surface area (Å²) in [4.78, 5) is 4.34. The lowest BCUT2D eigenvalue weighted by Gasteiger charge is -2.34. The van der Waals surface area contributed by atoms with Crippen molar-refractivity contribution < 1.29 is 4.52 Å². The molecule has 3 N–H and O–H groups in total. The van der Waals surface area contributed by atoms with E-state index in [9.17, 15) is 0 Å². The molecule has 0 bridgehead atoms. The van der Waals surface area contributed by atoms with Crippen LogP contribution in [0.2, 0.25) is 0 Å². The van der Waals surface area contributed by atoms with Crippen LogP contribution in [0.4, 0.5) is 0 Å². The summed E-state index contributed by atoms with van der Waals surface area (Å²) in [6, 6.07) is 1.92. The predicted octanol–water partition coefficient (Wildman–Crippen LogP) is 1.36. The molecule has 0 radical (unpaired) electrons. The Bertz CT molecular complexity index is 525. The molecule has 3 rings (SSSR count). The molecule has 0 atom stereocenters. The number of H-pyrrole nitrogens is 1. The van der Waals surface area contributed by atoms with Crippen LogP contribution in [-0.4, -0.2) is 20.3 Å². The van der Waals surface area contributed by atoms with Crippen molar-refractivity contribution in [2.75, 3.05) is 0 Å². The molecule has 6 nitrogen and oxygen atoms in total. The first-order chi connectivity index (χ1) is 8.21. The summed E-state index contributed by atoms with van der Waals surface area (Å²) in [5.74, 6) is 1.03. The maximum absolute atomic E-state index is 6.13. The first-order valence-electron chi connectivity index (χ1n) is 5.89. The van der Waals surface area contributed by atoms with E-state index >= 15 is 0 Å². The molecule has 2 aromatic heterocycles. The van der Waals surface area contributed by atoms with Crippen molar-refractivity contribution in [1.29, 1.82) is 0 Å². The normalized spacial score (nSPS) is 18.0. The maximum atomic E-state index is 6.13. The zero-order valence-corrected chi connectivity index (χ0v) is 9.73. The fraction of sp³-hybridized carbons (Fsp3) is 0.545. The van der Waals surface area contributed by atoms with E-state index in [2.05, 4.69) is 27.3 Å². The Labute approximate surface area is 98.6 Å². The highest BCUT2D eigenvalue weighted by molar-refractivity contribution is 5.46. The number of aryl methyl sites for hydroxylation is 1. The molecule has 2 aromatic rings. The van der Waals surface area contributed by atoms with Crippen molar-refractivity contribution >= 4 is 0 Å². The minimum atomic E-state index is -0.383. The summed E-state index contributed by atoms with van der Waals surface area (Å²) < 4.78 is 5.21. The van der Waals surface area contributed by atoms with Gasteiger partial charge in [-0.15, -0.1) is 0 Å². The zero-order chi connectivity index (χ0) is 11.9. The van der Waals surface area contributed by atoms with Gasteiger partial charge in [0.2, 0.25) is 0 Å². The number of nitrogens with one attached hydrogen (secondary N) is 1. The summed E-state index contributed by atoms with van der Waals surface area (Å²) in [5, 5.41) is 11.0. The fourth-order valence-electron chi connectivity index (χ4n) is 1.96. The van der Waals surface area contributed by atoms with Crippen LogP contribution in [0.5, 0.6) is 0 Å². The number of nitrogens with two attached hydrogens (primary N) is 1. The molecule has 0 spiro atoms. The van der Waals surface area contributed by atoms with Crippen molar-refractivity contribution in [3.63, 3.8) is 0 Å². The van der Waals surface area contributed by atoms with Gasteiger partial charge in [0, 0.05) is 5.69 Å². The van der Waals surface area contributed by atoms with Gasteiger partial charge in [0.1, 0.15) is 0 Å². The van der Waals surface area contributed by atoms with Gasteiger partial charge in [-0.05, 0) is 31.7 Å². The lowest BCUT2D eigenvalue weighted by molar-refractivity contribution is 0.229. The average Bonchev–Trinajstić information content (AvgIpc) is 2.94. The average molecular weight is 233 g/mol. The van der Waals surface area contributed by atoms with Gasteiger partial charge < -0.3 is 10.3 Å². The Balaban J connectivity index is 1.89. The van der Waals surface area contributed by atoms with E-state index in [1.165, 1.54) is 0 Å². The molecule has 1 aliphatic rings. The van der Waals surface area contributed by atoms with Crippen LogP contribution in [-0.2, 0) is 12.0 Å². The van der Waals surface area contributed by atoms with Crippen LogP contribution in [0.1, 0.15) is 37.7 Å². The van der Waals surface area contributed by atoms with Crippen LogP contribution in [0, 0.1) is 0 Å². The minimum Gasteiger partial charge on any atom is -0.332 e. The van der Waals surface area contributed by atoms with Gasteiger partial charge in [-0.1, -0.05) is 12.1 Å². The van der Waals surface area contributed by atoms with Gasteiger partial charge in [0.05, 0.1) is 5.54 Å². The fourth-order valence-corrected chi connectivity index (χ4v) is 1.96. The summed E-state index contributed by atoms with van der Waals surface area (Å²) in [6.45, 7) is 2.06. The van der Waals surface area contributed by atoms with Gasteiger partial charge in [-0.2, -0.15) is 10.1 Å². The topological polar surface area (TPSA) is 93.6 Å². The second-order valence-corrected chi connectivity index (χ2v) is 4.56. The zero-order valence-electron chi connectivity index (χ0n) is 9.73. The molecule has 1 aliphatic carbocycles. The molecule has 0 aliphatic heterocycles. The summed E-state index contributed by atoms with van der Waals surface area (Å²) >= 11 is 0. The number of rotatable bonds is 3. The summed E-state index contributed by atoms with van der Waals surface area (Å²) in [6.07, 6.45) is 3.87. The Morgan fingerprint density at radius 3 is 2.94 bits per heavy atom. The van der Waals surface area contributed by atoms with Crippen molar-refractivity contribution in [2.45, 2.75) is 38.1 Å². The van der Waals surface area contributed by atoms with Crippen molar-refractivity contribution in [3.05, 3.63) is 17.6 Å². The molecule has 17 heavy (non-hydrogen) atoms. The third kappa shape index (κ3) is 1.64. The first kappa shape index (κ1) is 10.5. The molecule has 0 saturated heterocycles. The van der Waals surface area contributed by atoms with Crippen LogP contribution >= 0.6 is 0 Å². The molecule has 0 aromatic carbocycles. The highest BCUT2D eigenvalue weighted by Crippen LogP contribution is 2.37. The Kier molecular flexibility index (Phi) is 2.25. The quantitative estimate of drug-likeness (QED) is 0.834. The Morgan fingerprint density at radius 1 is 1.53 bits per heavy atom. The molecule has 1 fully saturated rings. The highest BCUT2D eigenvalue weighted by Gasteiger charge is 2.39. The number of aromatic nitrogens is 4. The van der Waals surface area contributed by atoms with Gasteiger partial charge in [0.15, 0.2) is 11.5 Å². The van der Waals surface area contributed by atoms with E-state index < -0.39 is 0 Å². The number of hydrogen-bond donors (Lipinski definition) is 2. The van der Waals surface area contributed by atoms with Gasteiger partial charge in [-0.25, -0.2) is 0 Å². The molecular weight excluding hydrogens is 218 g/mol. The standard InChI is InChI=1S/C11H15N5O/c1-2-7-6-8(15-14-7)9-13-10(16-17-9)11(12)4-3-5-11/h6H,2-5,12H2,1H3,(H,14,15). The Morgan fingerprint density at radius 2 is 2.35 bits per heavy atom. The van der Waals surface area contributed by atoms with E-state index in [0.717, 1.165) is 31.4 Å². The van der Waals surface area contributed by atoms with Crippen molar-refractivity contribution in [1.82, 2.24) is 20.3 Å². The van der Waals surface area contributed by atoms with Crippen molar-refractivity contribution in [3.8, 4) is 11.6 Å². The van der Waals surface area contributed by atoms with Gasteiger partial charge in [0.25, 0.3) is 5.89 Å². The minimum absolute atomic E-state index is 0.383. The number of nitrogens with zero attached hydrogens (tertiary/aromatic N) is 3. The summed E-state index contributed by atoms with van der Waals surface area (Å²) in [5.41, 5.74) is 7.48. The molecule has 1 saturated carbocycles. The molecule has 90 valence electrons. The second-order valence-electron chi connectivity index (χ2n) is 4.56. The van der Waals surface area contributed by atoms with Crippen LogP contribution < -0.4 is 5.73 Å². The van der Waals surface area contributed by atoms with Gasteiger partial charge >= 0.3 is 0 Å². The lowest BCUT2D eigenvalue weighted by Crippen LogP contribution is -2.44. The third-order valence-corrected chi connectivity index (χ3v) is 3.35. The van der Waals surface area contributed by atoms with E-state index in [1.807, 2.05) is 6.07 Å². The number of hydrogen-bond acceptors (Lipinski definition) is 5. The maximum Gasteiger partial charge on any atom is 0.278 e. The second kappa shape index (κ2) is 3.66.